The molecule has 0 fully saturated rings. The second-order valence-electron chi connectivity index (χ2n) is 18.2. The molecule has 0 aromatic heterocycles. The van der Waals surface area contributed by atoms with Gasteiger partial charge < -0.3 is 4.90 Å². The van der Waals surface area contributed by atoms with E-state index in [0.29, 0.717) is 0 Å². The van der Waals surface area contributed by atoms with Crippen LogP contribution >= 0.6 is 0 Å². The molecule has 0 aliphatic rings. The van der Waals surface area contributed by atoms with Crippen LogP contribution in [0.3, 0.4) is 0 Å². The number of hydrogen-bond acceptors (Lipinski definition) is 1. The molecule has 314 valence electrons. The Bertz CT molecular complexity index is 2760. The van der Waals surface area contributed by atoms with Crippen LogP contribution in [0, 0.1) is 62.3 Å². The molecule has 0 aliphatic carbocycles. The molecule has 0 radical (unpaired) electrons. The molecule has 0 saturated heterocycles. The Balaban J connectivity index is 1.10. The molecule has 0 saturated carbocycles. The predicted molar refractivity (Wildman–Crippen MR) is 276 cm³/mol. The van der Waals surface area contributed by atoms with Crippen molar-refractivity contribution in [2.45, 2.75) is 62.3 Å². The van der Waals surface area contributed by atoms with E-state index in [9.17, 15) is 0 Å². The van der Waals surface area contributed by atoms with Crippen molar-refractivity contribution in [3.8, 4) is 66.8 Å². The van der Waals surface area contributed by atoms with E-state index in [0.717, 1.165) is 17.1 Å². The fraction of sp³-hybridized carbons (Fsp3) is 0.143. The van der Waals surface area contributed by atoms with E-state index in [2.05, 4.69) is 249 Å². The maximum atomic E-state index is 2.38. The first-order valence-corrected chi connectivity index (χ1v) is 22.5. The van der Waals surface area contributed by atoms with Crippen molar-refractivity contribution >= 4 is 17.1 Å². The summed E-state index contributed by atoms with van der Waals surface area (Å²) in [6.45, 7) is 19.7. The summed E-state index contributed by atoms with van der Waals surface area (Å²) in [5, 5.41) is 0. The molecule has 1 nitrogen and oxygen atoms in total. The molecule has 9 rings (SSSR count). The van der Waals surface area contributed by atoms with Crippen molar-refractivity contribution in [3.05, 3.63) is 232 Å². The fourth-order valence-electron chi connectivity index (χ4n) is 9.58. The van der Waals surface area contributed by atoms with Gasteiger partial charge in [0, 0.05) is 17.1 Å². The van der Waals surface area contributed by atoms with Crippen LogP contribution in [0.2, 0.25) is 0 Å². The quantitative estimate of drug-likeness (QED) is 0.140. The van der Waals surface area contributed by atoms with Gasteiger partial charge in [-0.25, -0.2) is 0 Å². The second-order valence-corrected chi connectivity index (χ2v) is 18.2. The van der Waals surface area contributed by atoms with Crippen molar-refractivity contribution in [1.82, 2.24) is 0 Å². The highest BCUT2D eigenvalue weighted by Gasteiger charge is 2.16. The molecule has 0 atom stereocenters. The van der Waals surface area contributed by atoms with Gasteiger partial charge in [-0.2, -0.15) is 0 Å². The van der Waals surface area contributed by atoms with Crippen molar-refractivity contribution in [3.63, 3.8) is 0 Å². The molecule has 9 aromatic carbocycles. The van der Waals surface area contributed by atoms with E-state index in [1.807, 2.05) is 0 Å². The van der Waals surface area contributed by atoms with Crippen LogP contribution in [-0.4, -0.2) is 0 Å². The highest BCUT2D eigenvalue weighted by Crippen LogP contribution is 2.40. The fourth-order valence-corrected chi connectivity index (χ4v) is 9.58. The van der Waals surface area contributed by atoms with Crippen molar-refractivity contribution in [1.29, 1.82) is 0 Å². The van der Waals surface area contributed by atoms with E-state index in [1.54, 1.807) is 0 Å². The van der Waals surface area contributed by atoms with Crippen molar-refractivity contribution < 1.29 is 0 Å². The van der Waals surface area contributed by atoms with Crippen LogP contribution in [0.5, 0.6) is 0 Å². The SMILES string of the molecule is Cc1cc(C)cc(-c2ccc(C)c(-c3ccc(N(c4ccc(-c5cc(-c6cc(C)cc(C)c6)ccc5C)cc4)c4ccc(-c5cc(-c6cc(C)cc(C)c6)ccc5C)cc4)cc3)c2)c1. The first kappa shape index (κ1) is 42.1. The minimum atomic E-state index is 1.10. The zero-order valence-electron chi connectivity index (χ0n) is 38.8. The monoisotopic (exact) mass is 827 g/mol. The maximum Gasteiger partial charge on any atom is 0.0462 e. The zero-order chi connectivity index (χ0) is 44.6. The lowest BCUT2D eigenvalue weighted by Gasteiger charge is -2.26. The lowest BCUT2D eigenvalue weighted by Crippen LogP contribution is -2.10. The zero-order valence-corrected chi connectivity index (χ0v) is 38.8. The van der Waals surface area contributed by atoms with E-state index in [4.69, 9.17) is 0 Å². The third kappa shape index (κ3) is 8.85. The van der Waals surface area contributed by atoms with E-state index in [1.165, 1.54) is 117 Å². The van der Waals surface area contributed by atoms with Crippen molar-refractivity contribution in [2.24, 2.45) is 0 Å². The van der Waals surface area contributed by atoms with Crippen LogP contribution in [0.15, 0.2) is 182 Å². The van der Waals surface area contributed by atoms with Gasteiger partial charge in [0.15, 0.2) is 0 Å². The van der Waals surface area contributed by atoms with E-state index >= 15 is 0 Å². The molecular weight excluding hydrogens is 771 g/mol. The van der Waals surface area contributed by atoms with Crippen molar-refractivity contribution in [2.75, 3.05) is 4.90 Å². The van der Waals surface area contributed by atoms with Gasteiger partial charge in [-0.05, 0) is 200 Å². The Labute approximate surface area is 381 Å². The van der Waals surface area contributed by atoms with Gasteiger partial charge in [0.2, 0.25) is 0 Å². The lowest BCUT2D eigenvalue weighted by atomic mass is 9.93. The lowest BCUT2D eigenvalue weighted by molar-refractivity contribution is 1.28. The standard InChI is InChI=1S/C63H57N/c1-40-28-41(2)32-55(31-40)52-13-10-46(7)61(37-52)49-16-22-58(23-17-49)64(59-24-18-50(19-25-59)62-38-53(14-11-47(62)8)56-33-42(3)29-43(4)34-56)60-26-20-51(21-27-60)63-39-54(15-12-48(63)9)57-35-44(5)30-45(6)36-57/h10-39H,1-9H3. The summed E-state index contributed by atoms with van der Waals surface area (Å²) in [5.74, 6) is 0. The van der Waals surface area contributed by atoms with Crippen LogP contribution in [0.4, 0.5) is 17.1 Å². The van der Waals surface area contributed by atoms with Gasteiger partial charge in [0.1, 0.15) is 0 Å². The Morgan fingerprint density at radius 2 is 0.422 bits per heavy atom. The Morgan fingerprint density at radius 1 is 0.203 bits per heavy atom. The molecular formula is C63H57N. The summed E-state index contributed by atoms with van der Waals surface area (Å²) in [5.41, 5.74) is 29.6. The summed E-state index contributed by atoms with van der Waals surface area (Å²) in [4.78, 5) is 2.38. The third-order valence-corrected chi connectivity index (χ3v) is 12.7. The van der Waals surface area contributed by atoms with Gasteiger partial charge in [0.05, 0.1) is 0 Å². The van der Waals surface area contributed by atoms with Gasteiger partial charge in [0.25, 0.3) is 0 Å². The normalized spacial score (nSPS) is 11.2. The number of benzene rings is 9. The first-order chi connectivity index (χ1) is 30.8. The highest BCUT2D eigenvalue weighted by molar-refractivity contribution is 5.84. The largest absolute Gasteiger partial charge is 0.311 e. The first-order valence-electron chi connectivity index (χ1n) is 22.5. The minimum Gasteiger partial charge on any atom is -0.311 e. The van der Waals surface area contributed by atoms with Crippen LogP contribution in [-0.2, 0) is 0 Å². The summed E-state index contributed by atoms with van der Waals surface area (Å²) in [7, 11) is 0. The molecule has 0 bridgehead atoms. The summed E-state index contributed by atoms with van der Waals surface area (Å²) in [6, 6.07) is 68.3. The minimum absolute atomic E-state index is 1.10. The molecule has 0 amide bonds. The molecule has 0 unspecified atom stereocenters. The second kappa shape index (κ2) is 17.5. The molecule has 0 N–H and O–H groups in total. The number of aryl methyl sites for hydroxylation is 9. The average molecular weight is 828 g/mol. The smallest absolute Gasteiger partial charge is 0.0462 e. The maximum absolute atomic E-state index is 2.38. The average Bonchev–Trinajstić information content (AvgIpc) is 3.27. The third-order valence-electron chi connectivity index (χ3n) is 12.7. The number of hydrogen-bond donors (Lipinski definition) is 0. The Hall–Kier alpha value is -7.22. The molecule has 0 aliphatic heterocycles. The Kier molecular flexibility index (Phi) is 11.5. The van der Waals surface area contributed by atoms with Gasteiger partial charge in [-0.3, -0.25) is 0 Å². The van der Waals surface area contributed by atoms with Gasteiger partial charge in [-0.15, -0.1) is 0 Å². The number of nitrogens with zero attached hydrogens (tertiary/aromatic N) is 1. The van der Waals surface area contributed by atoms with Gasteiger partial charge in [-0.1, -0.05) is 161 Å². The van der Waals surface area contributed by atoms with E-state index < -0.39 is 0 Å². The predicted octanol–water partition coefficient (Wildman–Crippen LogP) is 17.9. The molecule has 9 aromatic rings. The highest BCUT2D eigenvalue weighted by atomic mass is 15.1. The summed E-state index contributed by atoms with van der Waals surface area (Å²) in [6.07, 6.45) is 0. The van der Waals surface area contributed by atoms with E-state index in [-0.39, 0.29) is 0 Å². The molecule has 1 heteroatoms. The Morgan fingerprint density at radius 3 is 0.656 bits per heavy atom. The van der Waals surface area contributed by atoms with Crippen LogP contribution in [0.1, 0.15) is 50.1 Å². The molecule has 0 heterocycles. The van der Waals surface area contributed by atoms with Crippen LogP contribution < -0.4 is 4.90 Å². The molecule has 64 heavy (non-hydrogen) atoms. The number of rotatable bonds is 9. The number of anilines is 3. The topological polar surface area (TPSA) is 3.24 Å². The summed E-state index contributed by atoms with van der Waals surface area (Å²) < 4.78 is 0. The molecule has 0 spiro atoms. The van der Waals surface area contributed by atoms with Gasteiger partial charge >= 0.3 is 0 Å². The van der Waals surface area contributed by atoms with Crippen LogP contribution in [0.25, 0.3) is 66.8 Å². The summed E-state index contributed by atoms with van der Waals surface area (Å²) >= 11 is 0.